The van der Waals surface area contributed by atoms with E-state index in [0.717, 1.165) is 11.1 Å². The summed E-state index contributed by atoms with van der Waals surface area (Å²) in [6, 6.07) is 12.6. The van der Waals surface area contributed by atoms with Crippen molar-refractivity contribution in [3.05, 3.63) is 64.4 Å². The molecule has 0 bridgehead atoms. The number of nitriles is 1. The van der Waals surface area contributed by atoms with Crippen LogP contribution in [0.4, 0.5) is 0 Å². The van der Waals surface area contributed by atoms with Crippen LogP contribution in [0.5, 0.6) is 11.5 Å². The third-order valence-corrected chi connectivity index (χ3v) is 3.44. The van der Waals surface area contributed by atoms with E-state index in [1.807, 2.05) is 19.1 Å². The van der Waals surface area contributed by atoms with E-state index in [1.54, 1.807) is 30.3 Å². The molecule has 0 saturated heterocycles. The van der Waals surface area contributed by atoms with Gasteiger partial charge in [-0.1, -0.05) is 12.1 Å². The van der Waals surface area contributed by atoms with Crippen LogP contribution in [-0.4, -0.2) is 12.9 Å². The topological polar surface area (TPSA) is 59.3 Å². The Balaban J connectivity index is 2.00. The normalized spacial score (nSPS) is 14.4. The summed E-state index contributed by atoms with van der Waals surface area (Å²) in [6.45, 7) is 1.92. The van der Waals surface area contributed by atoms with Crippen molar-refractivity contribution in [1.29, 1.82) is 5.26 Å². The van der Waals surface area contributed by atoms with Crippen molar-refractivity contribution in [2.24, 2.45) is 0 Å². The lowest BCUT2D eigenvalue weighted by Gasteiger charge is -2.05. The summed E-state index contributed by atoms with van der Waals surface area (Å²) in [4.78, 5) is 12.5. The molecule has 0 saturated carbocycles. The van der Waals surface area contributed by atoms with Gasteiger partial charge < -0.3 is 9.47 Å². The van der Waals surface area contributed by atoms with Gasteiger partial charge in [-0.25, -0.2) is 0 Å². The first-order valence-corrected chi connectivity index (χ1v) is 6.75. The lowest BCUT2D eigenvalue weighted by Crippen LogP contribution is -2.00. The molecule has 0 spiro atoms. The number of Topliss-reactive ketones (excluding diaryl/α,β-unsaturated/α-hetero) is 1. The van der Waals surface area contributed by atoms with E-state index in [4.69, 9.17) is 14.7 Å². The second kappa shape index (κ2) is 5.38. The third kappa shape index (κ3) is 2.33. The Morgan fingerprint density at radius 1 is 1.23 bits per heavy atom. The van der Waals surface area contributed by atoms with E-state index in [9.17, 15) is 4.79 Å². The zero-order valence-electron chi connectivity index (χ0n) is 12.2. The van der Waals surface area contributed by atoms with Gasteiger partial charge in [0.05, 0.1) is 18.7 Å². The van der Waals surface area contributed by atoms with Crippen LogP contribution in [0.3, 0.4) is 0 Å². The molecule has 0 aliphatic carbocycles. The first-order valence-electron chi connectivity index (χ1n) is 6.75. The SMILES string of the molecule is COc1cc(C)cc2c1C(=O)/C(=C/c1ccc(C#N)cc1)O2. The maximum absolute atomic E-state index is 12.5. The number of ether oxygens (including phenoxy) is 2. The predicted octanol–water partition coefficient (Wildman–Crippen LogP) is 3.49. The van der Waals surface area contributed by atoms with Crippen LogP contribution < -0.4 is 9.47 Å². The van der Waals surface area contributed by atoms with Crippen LogP contribution in [0.1, 0.15) is 27.0 Å². The summed E-state index contributed by atoms with van der Waals surface area (Å²) in [5, 5.41) is 8.80. The fraction of sp³-hybridized carbons (Fsp3) is 0.111. The van der Waals surface area contributed by atoms with Gasteiger partial charge in [-0.05, 0) is 48.4 Å². The first kappa shape index (κ1) is 13.9. The van der Waals surface area contributed by atoms with Gasteiger partial charge in [0.2, 0.25) is 5.78 Å². The summed E-state index contributed by atoms with van der Waals surface area (Å²) >= 11 is 0. The number of rotatable bonds is 2. The molecule has 0 radical (unpaired) electrons. The minimum Gasteiger partial charge on any atom is -0.496 e. The highest BCUT2D eigenvalue weighted by Gasteiger charge is 2.31. The second-order valence-corrected chi connectivity index (χ2v) is 5.01. The molecule has 0 atom stereocenters. The second-order valence-electron chi connectivity index (χ2n) is 5.01. The Kier molecular flexibility index (Phi) is 3.40. The van der Waals surface area contributed by atoms with Crippen LogP contribution in [0.25, 0.3) is 6.08 Å². The van der Waals surface area contributed by atoms with E-state index in [2.05, 4.69) is 6.07 Å². The van der Waals surface area contributed by atoms with Gasteiger partial charge in [-0.15, -0.1) is 0 Å². The molecule has 0 unspecified atom stereocenters. The summed E-state index contributed by atoms with van der Waals surface area (Å²) < 4.78 is 10.9. The number of ketones is 1. The van der Waals surface area contributed by atoms with Crippen molar-refractivity contribution in [1.82, 2.24) is 0 Å². The number of carbonyl (C=O) groups is 1. The quantitative estimate of drug-likeness (QED) is 0.795. The van der Waals surface area contributed by atoms with Gasteiger partial charge in [0.1, 0.15) is 17.1 Å². The molecule has 2 aromatic carbocycles. The average molecular weight is 291 g/mol. The molecule has 0 aromatic heterocycles. The molecular weight excluding hydrogens is 278 g/mol. The van der Waals surface area contributed by atoms with Crippen LogP contribution >= 0.6 is 0 Å². The van der Waals surface area contributed by atoms with E-state index in [-0.39, 0.29) is 11.5 Å². The van der Waals surface area contributed by atoms with E-state index < -0.39 is 0 Å². The Morgan fingerprint density at radius 2 is 1.95 bits per heavy atom. The summed E-state index contributed by atoms with van der Waals surface area (Å²) in [5.74, 6) is 1.09. The molecule has 1 heterocycles. The number of nitrogens with zero attached hydrogens (tertiary/aromatic N) is 1. The van der Waals surface area contributed by atoms with E-state index in [1.165, 1.54) is 7.11 Å². The molecule has 108 valence electrons. The van der Waals surface area contributed by atoms with Gasteiger partial charge in [0.25, 0.3) is 0 Å². The van der Waals surface area contributed by atoms with Crippen LogP contribution in [0.2, 0.25) is 0 Å². The average Bonchev–Trinajstić information content (AvgIpc) is 2.83. The number of hydrogen-bond donors (Lipinski definition) is 0. The van der Waals surface area contributed by atoms with Crippen molar-refractivity contribution >= 4 is 11.9 Å². The summed E-state index contributed by atoms with van der Waals surface area (Å²) in [5.41, 5.74) is 2.78. The van der Waals surface area contributed by atoms with Crippen molar-refractivity contribution < 1.29 is 14.3 Å². The Labute approximate surface area is 128 Å². The Hall–Kier alpha value is -3.06. The number of aryl methyl sites for hydroxylation is 1. The molecule has 22 heavy (non-hydrogen) atoms. The number of hydrogen-bond acceptors (Lipinski definition) is 4. The third-order valence-electron chi connectivity index (χ3n) is 3.44. The lowest BCUT2D eigenvalue weighted by atomic mass is 10.1. The number of allylic oxidation sites excluding steroid dienone is 1. The fourth-order valence-electron chi connectivity index (χ4n) is 2.37. The first-order chi connectivity index (χ1) is 10.6. The molecule has 0 fully saturated rings. The number of carbonyl (C=O) groups excluding carboxylic acids is 1. The minimum absolute atomic E-state index is 0.198. The van der Waals surface area contributed by atoms with Crippen LogP contribution in [-0.2, 0) is 0 Å². The molecule has 3 rings (SSSR count). The number of fused-ring (bicyclic) bond motifs is 1. The smallest absolute Gasteiger partial charge is 0.235 e. The van der Waals surface area contributed by atoms with Crippen LogP contribution in [0.15, 0.2) is 42.2 Å². The monoisotopic (exact) mass is 291 g/mol. The fourth-order valence-corrected chi connectivity index (χ4v) is 2.37. The minimum atomic E-state index is -0.198. The van der Waals surface area contributed by atoms with Crippen LogP contribution in [0, 0.1) is 18.3 Å². The van der Waals surface area contributed by atoms with Crippen molar-refractivity contribution in [3.63, 3.8) is 0 Å². The Morgan fingerprint density at radius 3 is 2.59 bits per heavy atom. The van der Waals surface area contributed by atoms with Crippen molar-refractivity contribution in [2.75, 3.05) is 7.11 Å². The van der Waals surface area contributed by atoms with Crippen molar-refractivity contribution in [3.8, 4) is 17.6 Å². The highest BCUT2D eigenvalue weighted by atomic mass is 16.5. The van der Waals surface area contributed by atoms with E-state index in [0.29, 0.717) is 22.6 Å². The Bertz CT molecular complexity index is 827. The van der Waals surface area contributed by atoms with Gasteiger partial charge in [-0.3, -0.25) is 4.79 Å². The standard InChI is InChI=1S/C18H13NO3/c1-11-7-14(21-2)17-15(8-11)22-16(18(17)20)9-12-3-5-13(10-19)6-4-12/h3-9H,1-2H3/b16-9-. The maximum atomic E-state index is 12.5. The van der Waals surface area contributed by atoms with Gasteiger partial charge in [0.15, 0.2) is 5.76 Å². The van der Waals surface area contributed by atoms with Gasteiger partial charge in [-0.2, -0.15) is 5.26 Å². The molecule has 4 heteroatoms. The molecule has 2 aromatic rings. The summed E-state index contributed by atoms with van der Waals surface area (Å²) in [6.07, 6.45) is 1.66. The highest BCUT2D eigenvalue weighted by molar-refractivity contribution is 6.16. The molecular formula is C18H13NO3. The molecule has 4 nitrogen and oxygen atoms in total. The molecule has 0 N–H and O–H groups in total. The van der Waals surface area contributed by atoms with Gasteiger partial charge >= 0.3 is 0 Å². The van der Waals surface area contributed by atoms with Gasteiger partial charge in [0, 0.05) is 0 Å². The number of methoxy groups -OCH3 is 1. The lowest BCUT2D eigenvalue weighted by molar-refractivity contribution is 0.101. The zero-order valence-corrected chi connectivity index (χ0v) is 12.2. The molecule has 1 aliphatic rings. The summed E-state index contributed by atoms with van der Waals surface area (Å²) in [7, 11) is 1.53. The highest BCUT2D eigenvalue weighted by Crippen LogP contribution is 2.39. The number of benzene rings is 2. The molecule has 0 amide bonds. The maximum Gasteiger partial charge on any atom is 0.235 e. The zero-order chi connectivity index (χ0) is 15.7. The largest absolute Gasteiger partial charge is 0.496 e. The van der Waals surface area contributed by atoms with E-state index >= 15 is 0 Å². The van der Waals surface area contributed by atoms with Crippen molar-refractivity contribution in [2.45, 2.75) is 6.92 Å². The predicted molar refractivity (Wildman–Crippen MR) is 81.8 cm³/mol. The molecule has 1 aliphatic heterocycles.